The second kappa shape index (κ2) is 11.0. The van der Waals surface area contributed by atoms with E-state index >= 15 is 0 Å². The summed E-state index contributed by atoms with van der Waals surface area (Å²) >= 11 is 0. The Morgan fingerprint density at radius 3 is 2.21 bits per heavy atom. The fourth-order valence-corrected chi connectivity index (χ4v) is 2.94. The van der Waals surface area contributed by atoms with Crippen molar-refractivity contribution >= 4 is 23.2 Å². The highest BCUT2D eigenvalue weighted by Crippen LogP contribution is 2.30. The molecule has 0 fully saturated rings. The molecule has 0 aliphatic carbocycles. The van der Waals surface area contributed by atoms with Gasteiger partial charge < -0.3 is 20.1 Å². The van der Waals surface area contributed by atoms with Crippen LogP contribution in [0.15, 0.2) is 66.7 Å². The average molecular weight is 463 g/mol. The number of non-ortho nitro benzene ring substituents is 1. The Labute approximate surface area is 196 Å². The van der Waals surface area contributed by atoms with Gasteiger partial charge in [0.25, 0.3) is 11.6 Å². The smallest absolute Gasteiger partial charge is 0.270 e. The van der Waals surface area contributed by atoms with Gasteiger partial charge in [-0.05, 0) is 48.0 Å². The number of rotatable bonds is 9. The SMILES string of the molecule is COc1ccc(Oc2ccc([N+](=O)[O-])cc2C(=O)NCc2ccc(NC(=O)C(C)C)cc2)cc1. The predicted octanol–water partition coefficient (Wildman–Crippen LogP) is 4.92. The first-order chi connectivity index (χ1) is 16.3. The van der Waals surface area contributed by atoms with E-state index in [4.69, 9.17) is 9.47 Å². The normalized spacial score (nSPS) is 10.5. The first-order valence-electron chi connectivity index (χ1n) is 10.5. The van der Waals surface area contributed by atoms with Gasteiger partial charge in [-0.2, -0.15) is 0 Å². The summed E-state index contributed by atoms with van der Waals surface area (Å²) in [5.74, 6) is 0.523. The molecule has 0 aliphatic heterocycles. The average Bonchev–Trinajstić information content (AvgIpc) is 2.83. The van der Waals surface area contributed by atoms with Crippen LogP contribution in [-0.4, -0.2) is 23.8 Å². The van der Waals surface area contributed by atoms with Crippen molar-refractivity contribution in [2.75, 3.05) is 12.4 Å². The lowest BCUT2D eigenvalue weighted by Crippen LogP contribution is -2.23. The number of nitro groups is 1. The molecule has 0 radical (unpaired) electrons. The maximum atomic E-state index is 12.9. The minimum absolute atomic E-state index is 0.0332. The van der Waals surface area contributed by atoms with Gasteiger partial charge in [0.1, 0.15) is 17.2 Å². The van der Waals surface area contributed by atoms with Crippen molar-refractivity contribution in [2.24, 2.45) is 5.92 Å². The van der Waals surface area contributed by atoms with E-state index in [9.17, 15) is 19.7 Å². The standard InChI is InChI=1S/C25H25N3O6/c1-16(2)24(29)27-18-6-4-17(5-7-18)15-26-25(30)22-14-19(28(31)32)8-13-23(22)34-21-11-9-20(33-3)10-12-21/h4-14,16H,15H2,1-3H3,(H,26,30)(H,27,29). The summed E-state index contributed by atoms with van der Waals surface area (Å²) in [6.07, 6.45) is 0. The van der Waals surface area contributed by atoms with Crippen LogP contribution in [0.25, 0.3) is 0 Å². The number of amides is 2. The van der Waals surface area contributed by atoms with Gasteiger partial charge in [-0.25, -0.2) is 0 Å². The van der Waals surface area contributed by atoms with Gasteiger partial charge in [0.2, 0.25) is 5.91 Å². The Balaban J connectivity index is 1.73. The molecule has 0 bridgehead atoms. The van der Waals surface area contributed by atoms with E-state index in [0.29, 0.717) is 17.2 Å². The fourth-order valence-electron chi connectivity index (χ4n) is 2.94. The lowest BCUT2D eigenvalue weighted by atomic mass is 10.1. The summed E-state index contributed by atoms with van der Waals surface area (Å²) in [4.78, 5) is 35.4. The van der Waals surface area contributed by atoms with E-state index < -0.39 is 10.8 Å². The van der Waals surface area contributed by atoms with E-state index in [2.05, 4.69) is 10.6 Å². The van der Waals surface area contributed by atoms with Crippen LogP contribution in [0.5, 0.6) is 17.2 Å². The van der Waals surface area contributed by atoms with Crippen molar-refractivity contribution in [2.45, 2.75) is 20.4 Å². The van der Waals surface area contributed by atoms with Crippen LogP contribution < -0.4 is 20.1 Å². The molecule has 9 nitrogen and oxygen atoms in total. The number of carbonyl (C=O) groups is 2. The Hall–Kier alpha value is -4.40. The summed E-state index contributed by atoms with van der Waals surface area (Å²) in [5, 5.41) is 16.8. The molecule has 2 amide bonds. The molecule has 0 saturated carbocycles. The van der Waals surface area contributed by atoms with Gasteiger partial charge in [0.15, 0.2) is 0 Å². The number of benzene rings is 3. The maximum Gasteiger partial charge on any atom is 0.270 e. The number of nitrogens with one attached hydrogen (secondary N) is 2. The molecule has 0 aliphatic rings. The van der Waals surface area contributed by atoms with E-state index in [1.807, 2.05) is 0 Å². The van der Waals surface area contributed by atoms with Gasteiger partial charge in [0, 0.05) is 30.3 Å². The van der Waals surface area contributed by atoms with Crippen molar-refractivity contribution < 1.29 is 24.0 Å². The van der Waals surface area contributed by atoms with Crippen molar-refractivity contribution in [1.29, 1.82) is 0 Å². The highest BCUT2D eigenvalue weighted by atomic mass is 16.6. The Morgan fingerprint density at radius 1 is 0.971 bits per heavy atom. The molecule has 0 spiro atoms. The lowest BCUT2D eigenvalue weighted by molar-refractivity contribution is -0.384. The number of methoxy groups -OCH3 is 1. The Kier molecular flexibility index (Phi) is 7.81. The Bertz CT molecular complexity index is 1170. The number of nitrogens with zero attached hydrogens (tertiary/aromatic N) is 1. The quantitative estimate of drug-likeness (QED) is 0.343. The van der Waals surface area contributed by atoms with Crippen molar-refractivity contribution in [3.63, 3.8) is 0 Å². The highest BCUT2D eigenvalue weighted by molar-refractivity contribution is 5.97. The second-order valence-corrected chi connectivity index (χ2v) is 7.74. The summed E-state index contributed by atoms with van der Waals surface area (Å²) < 4.78 is 10.9. The molecule has 3 aromatic rings. The number of hydrogen-bond acceptors (Lipinski definition) is 6. The van der Waals surface area contributed by atoms with Crippen LogP contribution in [0.3, 0.4) is 0 Å². The number of hydrogen-bond donors (Lipinski definition) is 2. The summed E-state index contributed by atoms with van der Waals surface area (Å²) in [5.41, 5.74) is 1.25. The summed E-state index contributed by atoms with van der Waals surface area (Å²) in [6, 6.07) is 17.6. The largest absolute Gasteiger partial charge is 0.497 e. The van der Waals surface area contributed by atoms with Crippen LogP contribution in [0.1, 0.15) is 29.8 Å². The molecule has 34 heavy (non-hydrogen) atoms. The lowest BCUT2D eigenvalue weighted by Gasteiger charge is -2.12. The van der Waals surface area contributed by atoms with Gasteiger partial charge in [0.05, 0.1) is 17.6 Å². The molecule has 0 heterocycles. The molecule has 176 valence electrons. The number of nitro benzene ring substituents is 1. The molecule has 0 aromatic heterocycles. The minimum Gasteiger partial charge on any atom is -0.497 e. The van der Waals surface area contributed by atoms with Gasteiger partial charge in [-0.1, -0.05) is 26.0 Å². The van der Waals surface area contributed by atoms with Gasteiger partial charge >= 0.3 is 0 Å². The van der Waals surface area contributed by atoms with E-state index in [1.165, 1.54) is 18.2 Å². The van der Waals surface area contributed by atoms with Crippen LogP contribution in [0.4, 0.5) is 11.4 Å². The number of anilines is 1. The Morgan fingerprint density at radius 2 is 1.62 bits per heavy atom. The zero-order chi connectivity index (χ0) is 24.7. The van der Waals surface area contributed by atoms with Crippen LogP contribution in [0.2, 0.25) is 0 Å². The second-order valence-electron chi connectivity index (χ2n) is 7.74. The molecular formula is C25H25N3O6. The first kappa shape index (κ1) is 24.2. The van der Waals surface area contributed by atoms with E-state index in [0.717, 1.165) is 5.56 Å². The van der Waals surface area contributed by atoms with Gasteiger partial charge in [-0.3, -0.25) is 19.7 Å². The molecule has 3 aromatic carbocycles. The van der Waals surface area contributed by atoms with Crippen molar-refractivity contribution in [3.05, 3.63) is 88.0 Å². The zero-order valence-corrected chi connectivity index (χ0v) is 19.0. The molecule has 0 atom stereocenters. The van der Waals surface area contributed by atoms with E-state index in [1.54, 1.807) is 69.5 Å². The molecule has 3 rings (SSSR count). The molecule has 0 saturated heterocycles. The van der Waals surface area contributed by atoms with Crippen LogP contribution in [-0.2, 0) is 11.3 Å². The van der Waals surface area contributed by atoms with Crippen molar-refractivity contribution in [1.82, 2.24) is 5.32 Å². The third kappa shape index (κ3) is 6.32. The third-order valence-electron chi connectivity index (χ3n) is 4.90. The number of ether oxygens (including phenoxy) is 2. The maximum absolute atomic E-state index is 12.9. The fraction of sp³-hybridized carbons (Fsp3) is 0.200. The van der Waals surface area contributed by atoms with Crippen molar-refractivity contribution in [3.8, 4) is 17.2 Å². The molecule has 2 N–H and O–H groups in total. The van der Waals surface area contributed by atoms with Crippen LogP contribution in [0, 0.1) is 16.0 Å². The molecular weight excluding hydrogens is 438 g/mol. The molecule has 0 unspecified atom stereocenters. The third-order valence-corrected chi connectivity index (χ3v) is 4.90. The summed E-state index contributed by atoms with van der Waals surface area (Å²) in [7, 11) is 1.55. The first-order valence-corrected chi connectivity index (χ1v) is 10.5. The zero-order valence-electron chi connectivity index (χ0n) is 19.0. The number of carbonyl (C=O) groups excluding carboxylic acids is 2. The monoisotopic (exact) mass is 463 g/mol. The topological polar surface area (TPSA) is 120 Å². The highest BCUT2D eigenvalue weighted by Gasteiger charge is 2.18. The van der Waals surface area contributed by atoms with Gasteiger partial charge in [-0.15, -0.1) is 0 Å². The molecule has 9 heteroatoms. The van der Waals surface area contributed by atoms with E-state index in [-0.39, 0.29) is 35.4 Å². The van der Waals surface area contributed by atoms with Crippen LogP contribution >= 0.6 is 0 Å². The predicted molar refractivity (Wildman–Crippen MR) is 127 cm³/mol. The summed E-state index contributed by atoms with van der Waals surface area (Å²) in [6.45, 7) is 3.79. The minimum atomic E-state index is -0.571.